The largest absolute Gasteiger partial charge is 0.385 e. The average molecular weight is 496 g/mol. The van der Waals surface area contributed by atoms with Crippen molar-refractivity contribution in [2.75, 3.05) is 66.1 Å². The highest BCUT2D eigenvalue weighted by atomic mass is 127. The summed E-state index contributed by atoms with van der Waals surface area (Å²) >= 11 is 0. The van der Waals surface area contributed by atoms with E-state index in [1.54, 1.807) is 7.11 Å². The van der Waals surface area contributed by atoms with Gasteiger partial charge in [0.2, 0.25) is 0 Å². The van der Waals surface area contributed by atoms with Gasteiger partial charge >= 0.3 is 0 Å². The first-order valence-corrected chi connectivity index (χ1v) is 10.7. The summed E-state index contributed by atoms with van der Waals surface area (Å²) in [7, 11) is 1.74. The number of ether oxygens (including phenoxy) is 2. The Morgan fingerprint density at radius 2 is 1.74 bits per heavy atom. The molecule has 2 aliphatic rings. The second kappa shape index (κ2) is 15.8. The highest BCUT2D eigenvalue weighted by Crippen LogP contribution is 2.14. The van der Waals surface area contributed by atoms with Crippen LogP contribution in [0.3, 0.4) is 0 Å². The molecule has 0 aromatic heterocycles. The Balaban J connectivity index is 0.00000364. The topological polar surface area (TPSA) is 49.3 Å². The number of hydrogen-bond donors (Lipinski definition) is 1. The van der Waals surface area contributed by atoms with Gasteiger partial charge in [0.25, 0.3) is 0 Å². The first-order chi connectivity index (χ1) is 12.8. The van der Waals surface area contributed by atoms with Gasteiger partial charge in [-0.25, -0.2) is 0 Å². The molecule has 6 nitrogen and oxygen atoms in total. The van der Waals surface area contributed by atoms with Crippen molar-refractivity contribution in [3.63, 3.8) is 0 Å². The Labute approximate surface area is 183 Å². The summed E-state index contributed by atoms with van der Waals surface area (Å²) in [6.45, 7) is 11.2. The molecule has 2 fully saturated rings. The van der Waals surface area contributed by atoms with Crippen molar-refractivity contribution in [1.82, 2.24) is 15.1 Å². The summed E-state index contributed by atoms with van der Waals surface area (Å²) in [4.78, 5) is 9.89. The zero-order chi connectivity index (χ0) is 18.5. The summed E-state index contributed by atoms with van der Waals surface area (Å²) < 4.78 is 11.1. The fourth-order valence-corrected chi connectivity index (χ4v) is 3.77. The van der Waals surface area contributed by atoms with Gasteiger partial charge in [-0.2, -0.15) is 0 Å². The van der Waals surface area contributed by atoms with E-state index in [0.29, 0.717) is 6.10 Å². The average Bonchev–Trinajstić information content (AvgIpc) is 2.94. The molecule has 0 bridgehead atoms. The lowest BCUT2D eigenvalue weighted by atomic mass is 10.1. The van der Waals surface area contributed by atoms with E-state index in [0.717, 1.165) is 71.2 Å². The SMILES string of the molecule is CCNC(=NCCN1CCCCCC1)N1CCC(OCCCOC)CC1.I. The quantitative estimate of drug-likeness (QED) is 0.230. The first kappa shape index (κ1) is 24.9. The monoisotopic (exact) mass is 496 g/mol. The van der Waals surface area contributed by atoms with Crippen LogP contribution in [0.1, 0.15) is 51.9 Å². The van der Waals surface area contributed by atoms with Crippen LogP contribution in [0, 0.1) is 0 Å². The van der Waals surface area contributed by atoms with Crippen LogP contribution in [0.2, 0.25) is 0 Å². The molecule has 160 valence electrons. The molecule has 2 saturated heterocycles. The van der Waals surface area contributed by atoms with Gasteiger partial charge in [-0.3, -0.25) is 4.99 Å². The van der Waals surface area contributed by atoms with Crippen LogP contribution in [-0.2, 0) is 9.47 Å². The zero-order valence-electron chi connectivity index (χ0n) is 17.5. The zero-order valence-corrected chi connectivity index (χ0v) is 19.8. The summed E-state index contributed by atoms with van der Waals surface area (Å²) in [5.41, 5.74) is 0. The second-order valence-corrected chi connectivity index (χ2v) is 7.40. The van der Waals surface area contributed by atoms with Gasteiger partial charge in [-0.1, -0.05) is 12.8 Å². The van der Waals surface area contributed by atoms with Crippen LogP contribution in [0.15, 0.2) is 4.99 Å². The van der Waals surface area contributed by atoms with Crippen LogP contribution < -0.4 is 5.32 Å². The molecule has 0 unspecified atom stereocenters. The van der Waals surface area contributed by atoms with E-state index in [1.165, 1.54) is 38.8 Å². The number of rotatable bonds is 9. The number of hydrogen-bond acceptors (Lipinski definition) is 4. The Bertz CT molecular complexity index is 382. The molecule has 7 heteroatoms. The van der Waals surface area contributed by atoms with Gasteiger partial charge in [0, 0.05) is 46.5 Å². The molecule has 0 aromatic rings. The van der Waals surface area contributed by atoms with Crippen molar-refractivity contribution in [3.8, 4) is 0 Å². The minimum absolute atomic E-state index is 0. The summed E-state index contributed by atoms with van der Waals surface area (Å²) in [5.74, 6) is 1.08. The van der Waals surface area contributed by atoms with Gasteiger partial charge in [-0.05, 0) is 52.1 Å². The van der Waals surface area contributed by atoms with Gasteiger partial charge in [-0.15, -0.1) is 24.0 Å². The summed E-state index contributed by atoms with van der Waals surface area (Å²) in [5, 5.41) is 3.48. The van der Waals surface area contributed by atoms with Crippen LogP contribution >= 0.6 is 24.0 Å². The molecular weight excluding hydrogens is 455 g/mol. The maximum atomic E-state index is 5.97. The van der Waals surface area contributed by atoms with Crippen LogP contribution in [0.5, 0.6) is 0 Å². The normalized spacial score (nSPS) is 20.2. The number of guanidine groups is 1. The van der Waals surface area contributed by atoms with Crippen molar-refractivity contribution in [2.24, 2.45) is 4.99 Å². The van der Waals surface area contributed by atoms with E-state index in [2.05, 4.69) is 22.0 Å². The number of nitrogens with zero attached hydrogens (tertiary/aromatic N) is 3. The van der Waals surface area contributed by atoms with E-state index < -0.39 is 0 Å². The molecule has 0 aromatic carbocycles. The molecule has 2 heterocycles. The van der Waals surface area contributed by atoms with Crippen molar-refractivity contribution in [2.45, 2.75) is 58.0 Å². The molecule has 0 aliphatic carbocycles. The summed E-state index contributed by atoms with van der Waals surface area (Å²) in [6, 6.07) is 0. The number of halogens is 1. The molecule has 2 rings (SSSR count). The fraction of sp³-hybridized carbons (Fsp3) is 0.950. The van der Waals surface area contributed by atoms with Crippen molar-refractivity contribution in [3.05, 3.63) is 0 Å². The molecule has 0 spiro atoms. The molecule has 0 radical (unpaired) electrons. The maximum Gasteiger partial charge on any atom is 0.193 e. The minimum Gasteiger partial charge on any atom is -0.385 e. The predicted molar refractivity (Wildman–Crippen MR) is 123 cm³/mol. The van der Waals surface area contributed by atoms with E-state index >= 15 is 0 Å². The van der Waals surface area contributed by atoms with E-state index in [-0.39, 0.29) is 24.0 Å². The molecule has 0 atom stereocenters. The van der Waals surface area contributed by atoms with Gasteiger partial charge in [0.15, 0.2) is 5.96 Å². The van der Waals surface area contributed by atoms with Crippen molar-refractivity contribution >= 4 is 29.9 Å². The third-order valence-corrected chi connectivity index (χ3v) is 5.30. The molecule has 1 N–H and O–H groups in total. The fourth-order valence-electron chi connectivity index (χ4n) is 3.77. The minimum atomic E-state index is 0. The lowest BCUT2D eigenvalue weighted by Crippen LogP contribution is -2.47. The van der Waals surface area contributed by atoms with E-state index in [4.69, 9.17) is 14.5 Å². The first-order valence-electron chi connectivity index (χ1n) is 10.7. The van der Waals surface area contributed by atoms with Gasteiger partial charge < -0.3 is 24.6 Å². The number of aliphatic imine (C=N–C) groups is 1. The van der Waals surface area contributed by atoms with Crippen LogP contribution in [-0.4, -0.2) is 88.0 Å². The Hall–Kier alpha value is -0.120. The second-order valence-electron chi connectivity index (χ2n) is 7.40. The maximum absolute atomic E-state index is 5.97. The van der Waals surface area contributed by atoms with E-state index in [1.807, 2.05) is 0 Å². The lowest BCUT2D eigenvalue weighted by molar-refractivity contribution is 0.00990. The third-order valence-electron chi connectivity index (χ3n) is 5.30. The number of methoxy groups -OCH3 is 1. The molecular formula is C20H41IN4O2. The van der Waals surface area contributed by atoms with Gasteiger partial charge in [0.05, 0.1) is 12.6 Å². The smallest absolute Gasteiger partial charge is 0.193 e. The van der Waals surface area contributed by atoms with Gasteiger partial charge in [0.1, 0.15) is 0 Å². The Kier molecular flexibility index (Phi) is 14.5. The highest BCUT2D eigenvalue weighted by molar-refractivity contribution is 14.0. The lowest BCUT2D eigenvalue weighted by Gasteiger charge is -2.34. The van der Waals surface area contributed by atoms with E-state index in [9.17, 15) is 0 Å². The highest BCUT2D eigenvalue weighted by Gasteiger charge is 2.21. The number of piperidine rings is 1. The molecule has 2 aliphatic heterocycles. The predicted octanol–water partition coefficient (Wildman–Crippen LogP) is 2.96. The van der Waals surface area contributed by atoms with Crippen molar-refractivity contribution in [1.29, 1.82) is 0 Å². The Morgan fingerprint density at radius 1 is 1.04 bits per heavy atom. The van der Waals surface area contributed by atoms with Crippen LogP contribution in [0.4, 0.5) is 0 Å². The number of likely N-dealkylation sites (tertiary alicyclic amines) is 2. The Morgan fingerprint density at radius 3 is 2.37 bits per heavy atom. The van der Waals surface area contributed by atoms with Crippen LogP contribution in [0.25, 0.3) is 0 Å². The molecule has 27 heavy (non-hydrogen) atoms. The number of nitrogens with one attached hydrogen (secondary N) is 1. The summed E-state index contributed by atoms with van der Waals surface area (Å²) in [6.07, 6.45) is 9.03. The third kappa shape index (κ3) is 10.3. The molecule has 0 saturated carbocycles. The molecule has 0 amide bonds. The standard InChI is InChI=1S/C20H40N4O2.HI/c1-3-21-20(22-11-16-23-12-6-4-5-7-13-23)24-14-9-19(10-15-24)26-18-8-17-25-2;/h19H,3-18H2,1-2H3,(H,21,22);1H. The van der Waals surface area contributed by atoms with Crippen molar-refractivity contribution < 1.29 is 9.47 Å².